The number of nitriles is 1. The van der Waals surface area contributed by atoms with Crippen molar-refractivity contribution in [2.45, 2.75) is 6.92 Å². The maximum atomic E-state index is 12.6. The van der Waals surface area contributed by atoms with Crippen LogP contribution in [0.25, 0.3) is 0 Å². The highest BCUT2D eigenvalue weighted by atomic mass is 16.5. The summed E-state index contributed by atoms with van der Waals surface area (Å²) in [5.41, 5.74) is 6.38. The third kappa shape index (κ3) is 5.31. The van der Waals surface area contributed by atoms with Gasteiger partial charge >= 0.3 is 0 Å². The van der Waals surface area contributed by atoms with Gasteiger partial charge in [0.05, 0.1) is 18.9 Å². The molecule has 1 aromatic rings. The largest absolute Gasteiger partial charge is 0.399 e. The van der Waals surface area contributed by atoms with E-state index in [1.807, 2.05) is 6.07 Å². The maximum Gasteiger partial charge on any atom is 0.277 e. The predicted octanol–water partition coefficient (Wildman–Crippen LogP) is 0.478. The number of carbonyl (C=O) groups excluding carboxylic acids is 2. The molecule has 0 spiro atoms. The molecule has 3 N–H and O–H groups in total. The lowest BCUT2D eigenvalue weighted by Crippen LogP contribution is -2.40. The van der Waals surface area contributed by atoms with Gasteiger partial charge in [0.1, 0.15) is 11.6 Å². The van der Waals surface area contributed by atoms with Crippen molar-refractivity contribution in [3.05, 3.63) is 36.0 Å². The standard InChI is InChI=1S/C18H23N5O3/c1-14(24)23(17-4-2-16(20)3-5-17)18(25)15(12-19)13-21-6-7-22-8-10-26-11-9-22/h2-5,13,21H,6-11,20H2,1H3/b15-13-. The fourth-order valence-electron chi connectivity index (χ4n) is 2.55. The Morgan fingerprint density at radius 2 is 2.00 bits per heavy atom. The molecule has 0 atom stereocenters. The molecule has 0 saturated carbocycles. The molecule has 2 rings (SSSR count). The second kappa shape index (κ2) is 9.56. The molecule has 1 fully saturated rings. The first-order valence-corrected chi connectivity index (χ1v) is 8.37. The fourth-order valence-corrected chi connectivity index (χ4v) is 2.55. The van der Waals surface area contributed by atoms with Crippen LogP contribution >= 0.6 is 0 Å². The van der Waals surface area contributed by atoms with Gasteiger partial charge in [-0.1, -0.05) is 0 Å². The number of nitrogens with one attached hydrogen (secondary N) is 1. The number of nitrogens with zero attached hydrogens (tertiary/aromatic N) is 3. The van der Waals surface area contributed by atoms with E-state index in [-0.39, 0.29) is 5.57 Å². The number of rotatable bonds is 6. The molecule has 26 heavy (non-hydrogen) atoms. The van der Waals surface area contributed by atoms with Crippen LogP contribution in [0, 0.1) is 11.3 Å². The van der Waals surface area contributed by atoms with E-state index in [9.17, 15) is 14.9 Å². The summed E-state index contributed by atoms with van der Waals surface area (Å²) in [5, 5.41) is 12.3. The number of morpholine rings is 1. The number of nitrogens with two attached hydrogens (primary N) is 1. The van der Waals surface area contributed by atoms with E-state index in [0.717, 1.165) is 24.5 Å². The lowest BCUT2D eigenvalue weighted by molar-refractivity contribution is -0.123. The summed E-state index contributed by atoms with van der Waals surface area (Å²) >= 11 is 0. The van der Waals surface area contributed by atoms with Crippen molar-refractivity contribution in [3.8, 4) is 6.07 Å². The van der Waals surface area contributed by atoms with E-state index in [1.54, 1.807) is 24.3 Å². The van der Waals surface area contributed by atoms with Crippen LogP contribution in [0.4, 0.5) is 11.4 Å². The Kier molecular flexibility index (Phi) is 7.14. The Morgan fingerprint density at radius 3 is 2.58 bits per heavy atom. The molecule has 1 aliphatic heterocycles. The third-order valence-electron chi connectivity index (χ3n) is 3.94. The van der Waals surface area contributed by atoms with Crippen molar-refractivity contribution in [1.82, 2.24) is 10.2 Å². The zero-order valence-electron chi connectivity index (χ0n) is 14.8. The van der Waals surface area contributed by atoms with Crippen molar-refractivity contribution in [3.63, 3.8) is 0 Å². The summed E-state index contributed by atoms with van der Waals surface area (Å²) in [6, 6.07) is 8.17. The molecule has 138 valence electrons. The smallest absolute Gasteiger partial charge is 0.277 e. The molecule has 0 radical (unpaired) electrons. The summed E-state index contributed by atoms with van der Waals surface area (Å²) in [5.74, 6) is -1.15. The monoisotopic (exact) mass is 357 g/mol. The number of hydrogen-bond acceptors (Lipinski definition) is 7. The molecule has 0 bridgehead atoms. The molecule has 1 aromatic carbocycles. The van der Waals surface area contributed by atoms with Crippen molar-refractivity contribution < 1.29 is 14.3 Å². The second-order valence-electron chi connectivity index (χ2n) is 5.83. The highest BCUT2D eigenvalue weighted by Gasteiger charge is 2.23. The van der Waals surface area contributed by atoms with E-state index >= 15 is 0 Å². The minimum atomic E-state index is -0.677. The lowest BCUT2D eigenvalue weighted by Gasteiger charge is -2.26. The van der Waals surface area contributed by atoms with Crippen LogP contribution in [-0.2, 0) is 14.3 Å². The molecule has 2 amide bonds. The highest BCUT2D eigenvalue weighted by Crippen LogP contribution is 2.18. The van der Waals surface area contributed by atoms with Crippen LogP contribution in [0.5, 0.6) is 0 Å². The Hall–Kier alpha value is -2.89. The Bertz CT molecular complexity index is 703. The molecular weight excluding hydrogens is 334 g/mol. The van der Waals surface area contributed by atoms with Gasteiger partial charge in [0.25, 0.3) is 5.91 Å². The van der Waals surface area contributed by atoms with Gasteiger partial charge in [-0.05, 0) is 24.3 Å². The number of amides is 2. The molecule has 1 heterocycles. The summed E-state index contributed by atoms with van der Waals surface area (Å²) in [6.45, 7) is 5.80. The molecule has 0 aromatic heterocycles. The van der Waals surface area contributed by atoms with Gasteiger partial charge in [-0.25, -0.2) is 4.90 Å². The molecule has 0 unspecified atom stereocenters. The van der Waals surface area contributed by atoms with Crippen LogP contribution in [0.15, 0.2) is 36.0 Å². The first kappa shape index (κ1) is 19.4. The summed E-state index contributed by atoms with van der Waals surface area (Å²) in [4.78, 5) is 27.7. The molecule has 1 saturated heterocycles. The summed E-state index contributed by atoms with van der Waals surface area (Å²) in [7, 11) is 0. The topological polar surface area (TPSA) is 112 Å². The van der Waals surface area contributed by atoms with E-state index in [1.165, 1.54) is 13.1 Å². The molecule has 8 nitrogen and oxygen atoms in total. The number of hydrogen-bond donors (Lipinski definition) is 2. The van der Waals surface area contributed by atoms with Gasteiger partial charge in [0.15, 0.2) is 0 Å². The van der Waals surface area contributed by atoms with Crippen LogP contribution in [0.2, 0.25) is 0 Å². The summed E-state index contributed by atoms with van der Waals surface area (Å²) < 4.78 is 5.28. The third-order valence-corrected chi connectivity index (χ3v) is 3.94. The number of carbonyl (C=O) groups is 2. The minimum absolute atomic E-state index is 0.140. The maximum absolute atomic E-state index is 12.6. The average Bonchev–Trinajstić information content (AvgIpc) is 2.64. The molecular formula is C18H23N5O3. The van der Waals surface area contributed by atoms with Gasteiger partial charge in [0, 0.05) is 45.0 Å². The van der Waals surface area contributed by atoms with Gasteiger partial charge in [0.2, 0.25) is 5.91 Å². The SMILES string of the molecule is CC(=O)N(C(=O)/C(C#N)=C\NCCN1CCOCC1)c1ccc(N)cc1. The number of anilines is 2. The average molecular weight is 357 g/mol. The van der Waals surface area contributed by atoms with Gasteiger partial charge < -0.3 is 15.8 Å². The summed E-state index contributed by atoms with van der Waals surface area (Å²) in [6.07, 6.45) is 1.36. The van der Waals surface area contributed by atoms with E-state index in [4.69, 9.17) is 10.5 Å². The van der Waals surface area contributed by atoms with Crippen LogP contribution in [-0.4, -0.2) is 56.1 Å². The van der Waals surface area contributed by atoms with E-state index < -0.39 is 11.8 Å². The normalized spacial score (nSPS) is 15.2. The van der Waals surface area contributed by atoms with Crippen LogP contribution in [0.3, 0.4) is 0 Å². The Morgan fingerprint density at radius 1 is 1.35 bits per heavy atom. The van der Waals surface area contributed by atoms with E-state index in [2.05, 4.69) is 10.2 Å². The van der Waals surface area contributed by atoms with Crippen LogP contribution < -0.4 is 16.0 Å². The molecule has 8 heteroatoms. The first-order valence-electron chi connectivity index (χ1n) is 8.37. The van der Waals surface area contributed by atoms with Crippen molar-refractivity contribution >= 4 is 23.2 Å². The van der Waals surface area contributed by atoms with Crippen LogP contribution in [0.1, 0.15) is 6.92 Å². The highest BCUT2D eigenvalue weighted by molar-refractivity contribution is 6.21. The number of benzene rings is 1. The quantitative estimate of drug-likeness (QED) is 0.329. The predicted molar refractivity (Wildman–Crippen MR) is 98.0 cm³/mol. The Labute approximate surface area is 152 Å². The number of nitrogen functional groups attached to an aromatic ring is 1. The lowest BCUT2D eigenvalue weighted by atomic mass is 10.2. The number of ether oxygens (including phenoxy) is 1. The van der Waals surface area contributed by atoms with Crippen molar-refractivity contribution in [2.75, 3.05) is 50.0 Å². The molecule has 0 aliphatic carbocycles. The second-order valence-corrected chi connectivity index (χ2v) is 5.83. The molecule has 1 aliphatic rings. The number of imide groups is 1. The van der Waals surface area contributed by atoms with Gasteiger partial charge in [-0.2, -0.15) is 5.26 Å². The van der Waals surface area contributed by atoms with Crippen molar-refractivity contribution in [1.29, 1.82) is 5.26 Å². The van der Waals surface area contributed by atoms with Gasteiger partial charge in [-0.15, -0.1) is 0 Å². The zero-order chi connectivity index (χ0) is 18.9. The Balaban J connectivity index is 2.01. The van der Waals surface area contributed by atoms with E-state index in [0.29, 0.717) is 31.1 Å². The minimum Gasteiger partial charge on any atom is -0.399 e. The fraction of sp³-hybridized carbons (Fsp3) is 0.389. The van der Waals surface area contributed by atoms with Crippen molar-refractivity contribution in [2.24, 2.45) is 0 Å². The zero-order valence-corrected chi connectivity index (χ0v) is 14.8. The van der Waals surface area contributed by atoms with Gasteiger partial charge in [-0.3, -0.25) is 14.5 Å². The first-order chi connectivity index (χ1) is 12.5.